The van der Waals surface area contributed by atoms with Crippen molar-refractivity contribution in [2.45, 2.75) is 26.7 Å². The highest BCUT2D eigenvalue weighted by atomic mass is 16.5. The molecular formula is C29H31N3O4. The number of rotatable bonds is 9. The summed E-state index contributed by atoms with van der Waals surface area (Å²) >= 11 is 0. The number of carbonyl (C=O) groups is 3. The number of nitrogens with one attached hydrogen (secondary N) is 2. The Morgan fingerprint density at radius 3 is 2.50 bits per heavy atom. The van der Waals surface area contributed by atoms with E-state index in [1.54, 1.807) is 29.2 Å². The van der Waals surface area contributed by atoms with Crippen molar-refractivity contribution >= 4 is 29.1 Å². The topological polar surface area (TPSA) is 87.7 Å². The average Bonchev–Trinajstić information content (AvgIpc) is 3.27. The summed E-state index contributed by atoms with van der Waals surface area (Å²) in [6.45, 7) is 4.66. The molecule has 0 radical (unpaired) electrons. The van der Waals surface area contributed by atoms with Gasteiger partial charge in [-0.15, -0.1) is 0 Å². The molecule has 0 bridgehead atoms. The molecule has 0 aliphatic carbocycles. The van der Waals surface area contributed by atoms with Crippen molar-refractivity contribution in [2.24, 2.45) is 5.92 Å². The van der Waals surface area contributed by atoms with Crippen LogP contribution in [0.25, 0.3) is 0 Å². The Morgan fingerprint density at radius 2 is 1.75 bits per heavy atom. The zero-order chi connectivity index (χ0) is 25.5. The number of anilines is 2. The summed E-state index contributed by atoms with van der Waals surface area (Å²) in [5.74, 6) is -0.283. The van der Waals surface area contributed by atoms with E-state index in [9.17, 15) is 14.4 Å². The quantitative estimate of drug-likeness (QED) is 0.479. The molecule has 7 heteroatoms. The molecule has 0 spiro atoms. The minimum Gasteiger partial charge on any atom is -0.484 e. The summed E-state index contributed by atoms with van der Waals surface area (Å²) in [4.78, 5) is 39.1. The van der Waals surface area contributed by atoms with Crippen LogP contribution < -0.4 is 20.3 Å². The lowest BCUT2D eigenvalue weighted by atomic mass is 10.1. The van der Waals surface area contributed by atoms with E-state index in [2.05, 4.69) is 10.6 Å². The standard InChI is InChI=1S/C29H31N3O4/c1-20-8-9-21(2)26(16-20)31-27(33)19-36-25-12-10-24(11-13-25)32-18-23(17-28(32)34)29(35)30-15-14-22-6-4-3-5-7-22/h3-13,16,23H,14-15,17-19H2,1-2H3,(H,30,35)(H,31,33)/t23-/m0/s1. The summed E-state index contributed by atoms with van der Waals surface area (Å²) in [5, 5.41) is 5.82. The maximum absolute atomic E-state index is 12.6. The smallest absolute Gasteiger partial charge is 0.262 e. The molecule has 186 valence electrons. The zero-order valence-corrected chi connectivity index (χ0v) is 20.6. The maximum atomic E-state index is 12.6. The molecule has 2 N–H and O–H groups in total. The summed E-state index contributed by atoms with van der Waals surface area (Å²) < 4.78 is 5.62. The number of carbonyl (C=O) groups excluding carboxylic acids is 3. The van der Waals surface area contributed by atoms with Gasteiger partial charge in [-0.3, -0.25) is 14.4 Å². The van der Waals surface area contributed by atoms with Crippen LogP contribution in [0.15, 0.2) is 72.8 Å². The molecule has 1 atom stereocenters. The fourth-order valence-corrected chi connectivity index (χ4v) is 4.18. The Kier molecular flexibility index (Phi) is 8.00. The lowest BCUT2D eigenvalue weighted by molar-refractivity contribution is -0.126. The van der Waals surface area contributed by atoms with Crippen LogP contribution in [0, 0.1) is 19.8 Å². The van der Waals surface area contributed by atoms with Gasteiger partial charge in [-0.25, -0.2) is 0 Å². The van der Waals surface area contributed by atoms with Crippen LogP contribution >= 0.6 is 0 Å². The van der Waals surface area contributed by atoms with Crippen molar-refractivity contribution in [2.75, 3.05) is 29.9 Å². The van der Waals surface area contributed by atoms with Gasteiger partial charge >= 0.3 is 0 Å². The Morgan fingerprint density at radius 1 is 1.00 bits per heavy atom. The van der Waals surface area contributed by atoms with Gasteiger partial charge in [-0.1, -0.05) is 42.5 Å². The second-order valence-electron chi connectivity index (χ2n) is 9.08. The summed E-state index contributed by atoms with van der Waals surface area (Å²) in [6, 6.07) is 22.8. The number of amides is 3. The third-order valence-electron chi connectivity index (χ3n) is 6.24. The first-order chi connectivity index (χ1) is 17.4. The van der Waals surface area contributed by atoms with E-state index in [1.807, 2.05) is 62.4 Å². The van der Waals surface area contributed by atoms with E-state index in [0.717, 1.165) is 28.8 Å². The summed E-state index contributed by atoms with van der Waals surface area (Å²) in [5.41, 5.74) is 4.68. The van der Waals surface area contributed by atoms with Gasteiger partial charge in [-0.05, 0) is 67.3 Å². The van der Waals surface area contributed by atoms with Crippen LogP contribution in [-0.2, 0) is 20.8 Å². The number of hydrogen-bond donors (Lipinski definition) is 2. The highest BCUT2D eigenvalue weighted by Gasteiger charge is 2.34. The molecule has 1 saturated heterocycles. The fraction of sp³-hybridized carbons (Fsp3) is 0.276. The molecule has 7 nitrogen and oxygen atoms in total. The van der Waals surface area contributed by atoms with Crippen molar-refractivity contribution in [1.29, 1.82) is 0 Å². The van der Waals surface area contributed by atoms with E-state index >= 15 is 0 Å². The normalized spacial score (nSPS) is 15.0. The first-order valence-electron chi connectivity index (χ1n) is 12.1. The van der Waals surface area contributed by atoms with E-state index in [-0.39, 0.29) is 36.7 Å². The molecule has 36 heavy (non-hydrogen) atoms. The van der Waals surface area contributed by atoms with Crippen molar-refractivity contribution in [1.82, 2.24) is 5.32 Å². The van der Waals surface area contributed by atoms with Gasteiger partial charge in [0.05, 0.1) is 5.92 Å². The number of benzene rings is 3. The summed E-state index contributed by atoms with van der Waals surface area (Å²) in [6.07, 6.45) is 0.939. The highest BCUT2D eigenvalue weighted by molar-refractivity contribution is 6.00. The molecule has 3 amide bonds. The Labute approximate surface area is 211 Å². The Balaban J connectivity index is 1.25. The molecule has 1 heterocycles. The first-order valence-corrected chi connectivity index (χ1v) is 12.1. The number of nitrogens with zero attached hydrogens (tertiary/aromatic N) is 1. The molecule has 1 aliphatic heterocycles. The monoisotopic (exact) mass is 485 g/mol. The van der Waals surface area contributed by atoms with Crippen LogP contribution in [0.5, 0.6) is 5.75 Å². The Bertz CT molecular complexity index is 1230. The van der Waals surface area contributed by atoms with Gasteiger partial charge in [0.2, 0.25) is 11.8 Å². The Hall–Kier alpha value is -4.13. The average molecular weight is 486 g/mol. The second kappa shape index (κ2) is 11.5. The van der Waals surface area contributed by atoms with Gasteiger partial charge in [0.15, 0.2) is 6.61 Å². The molecule has 1 aliphatic rings. The molecule has 0 unspecified atom stereocenters. The van der Waals surface area contributed by atoms with Gasteiger partial charge in [0.25, 0.3) is 5.91 Å². The SMILES string of the molecule is Cc1ccc(C)c(NC(=O)COc2ccc(N3C[C@@H](C(=O)NCCc4ccccc4)CC3=O)cc2)c1. The minimum absolute atomic E-state index is 0.0835. The molecule has 1 fully saturated rings. The third-order valence-corrected chi connectivity index (χ3v) is 6.24. The molecular weight excluding hydrogens is 454 g/mol. The lowest BCUT2D eigenvalue weighted by Crippen LogP contribution is -2.34. The number of ether oxygens (including phenoxy) is 1. The second-order valence-corrected chi connectivity index (χ2v) is 9.08. The van der Waals surface area contributed by atoms with Gasteiger partial charge < -0.3 is 20.3 Å². The van der Waals surface area contributed by atoms with Gasteiger partial charge in [0, 0.05) is 30.9 Å². The van der Waals surface area contributed by atoms with Crippen molar-refractivity contribution in [3.63, 3.8) is 0 Å². The molecule has 3 aromatic rings. The van der Waals surface area contributed by atoms with Crippen LogP contribution in [0.2, 0.25) is 0 Å². The van der Waals surface area contributed by atoms with Crippen molar-refractivity contribution in [3.05, 3.63) is 89.5 Å². The van der Waals surface area contributed by atoms with Gasteiger partial charge in [-0.2, -0.15) is 0 Å². The highest BCUT2D eigenvalue weighted by Crippen LogP contribution is 2.27. The maximum Gasteiger partial charge on any atom is 0.262 e. The lowest BCUT2D eigenvalue weighted by Gasteiger charge is -2.17. The van der Waals surface area contributed by atoms with Crippen LogP contribution in [0.1, 0.15) is 23.1 Å². The van der Waals surface area contributed by atoms with Crippen LogP contribution in [0.3, 0.4) is 0 Å². The van der Waals surface area contributed by atoms with Crippen LogP contribution in [-0.4, -0.2) is 37.4 Å². The first kappa shape index (κ1) is 25.0. The molecule has 4 rings (SSSR count). The van der Waals surface area contributed by atoms with E-state index < -0.39 is 0 Å². The van der Waals surface area contributed by atoms with E-state index in [1.165, 1.54) is 0 Å². The van der Waals surface area contributed by atoms with E-state index in [4.69, 9.17) is 4.74 Å². The van der Waals surface area contributed by atoms with Crippen molar-refractivity contribution in [3.8, 4) is 5.75 Å². The molecule has 3 aromatic carbocycles. The fourth-order valence-electron chi connectivity index (χ4n) is 4.18. The zero-order valence-electron chi connectivity index (χ0n) is 20.6. The van der Waals surface area contributed by atoms with Gasteiger partial charge in [0.1, 0.15) is 5.75 Å². The largest absolute Gasteiger partial charge is 0.484 e. The minimum atomic E-state index is -0.377. The van der Waals surface area contributed by atoms with Crippen LogP contribution in [0.4, 0.5) is 11.4 Å². The third kappa shape index (κ3) is 6.50. The summed E-state index contributed by atoms with van der Waals surface area (Å²) in [7, 11) is 0. The van der Waals surface area contributed by atoms with E-state index in [0.29, 0.717) is 24.5 Å². The predicted octanol–water partition coefficient (Wildman–Crippen LogP) is 4.03. The van der Waals surface area contributed by atoms with Crippen molar-refractivity contribution < 1.29 is 19.1 Å². The number of aryl methyl sites for hydroxylation is 2. The molecule has 0 aromatic heterocycles. The molecule has 0 saturated carbocycles. The predicted molar refractivity (Wildman–Crippen MR) is 140 cm³/mol. The number of hydrogen-bond acceptors (Lipinski definition) is 4.